The standard InChI is InChI=1S/C10H14FN3S/c11-8-6-13-4-3-7(8)10(14-12)9-2-1-5-15-9/h3-4,6,9-10,14H,1-2,5,12H2. The SMILES string of the molecule is NNC(c1ccncc1F)C1CCCS1. The van der Waals surface area contributed by atoms with Crippen LogP contribution in [0.15, 0.2) is 18.5 Å². The molecule has 0 spiro atoms. The second-order valence-corrected chi connectivity index (χ2v) is 4.94. The Morgan fingerprint density at radius 1 is 1.67 bits per heavy atom. The zero-order valence-electron chi connectivity index (χ0n) is 8.32. The molecule has 2 heterocycles. The van der Waals surface area contributed by atoms with E-state index in [0.717, 1.165) is 12.2 Å². The minimum absolute atomic E-state index is 0.111. The van der Waals surface area contributed by atoms with Crippen LogP contribution in [0.3, 0.4) is 0 Å². The van der Waals surface area contributed by atoms with Crippen LogP contribution in [0.4, 0.5) is 4.39 Å². The minimum atomic E-state index is -0.284. The molecule has 82 valence electrons. The molecule has 1 aromatic heterocycles. The third-order valence-corrected chi connectivity index (χ3v) is 4.12. The summed E-state index contributed by atoms with van der Waals surface area (Å²) in [6.07, 6.45) is 5.10. The fraction of sp³-hybridized carbons (Fsp3) is 0.500. The van der Waals surface area contributed by atoms with Gasteiger partial charge in [-0.1, -0.05) is 0 Å². The number of nitrogens with two attached hydrogens (primary N) is 1. The zero-order valence-corrected chi connectivity index (χ0v) is 9.14. The van der Waals surface area contributed by atoms with Crippen LogP contribution in [0.5, 0.6) is 0 Å². The predicted octanol–water partition coefficient (Wildman–Crippen LogP) is 1.62. The average Bonchev–Trinajstić information content (AvgIpc) is 2.75. The third kappa shape index (κ3) is 2.30. The highest BCUT2D eigenvalue weighted by Gasteiger charge is 2.27. The molecule has 0 aromatic carbocycles. The van der Waals surface area contributed by atoms with Gasteiger partial charge in [0, 0.05) is 17.0 Å². The lowest BCUT2D eigenvalue weighted by molar-refractivity contribution is 0.487. The monoisotopic (exact) mass is 227 g/mol. The average molecular weight is 227 g/mol. The maximum atomic E-state index is 13.5. The van der Waals surface area contributed by atoms with E-state index in [1.165, 1.54) is 12.6 Å². The fourth-order valence-corrected chi connectivity index (χ4v) is 3.29. The molecule has 0 amide bonds. The van der Waals surface area contributed by atoms with E-state index in [4.69, 9.17) is 5.84 Å². The van der Waals surface area contributed by atoms with Crippen LogP contribution in [-0.4, -0.2) is 16.0 Å². The number of hydrogen-bond donors (Lipinski definition) is 2. The molecule has 2 atom stereocenters. The molecule has 1 saturated heterocycles. The summed E-state index contributed by atoms with van der Waals surface area (Å²) in [4.78, 5) is 3.74. The van der Waals surface area contributed by atoms with Gasteiger partial charge in [0.2, 0.25) is 0 Å². The predicted molar refractivity (Wildman–Crippen MR) is 59.7 cm³/mol. The van der Waals surface area contributed by atoms with Gasteiger partial charge >= 0.3 is 0 Å². The molecule has 5 heteroatoms. The maximum Gasteiger partial charge on any atom is 0.146 e. The molecule has 2 unspecified atom stereocenters. The number of rotatable bonds is 3. The van der Waals surface area contributed by atoms with Gasteiger partial charge in [-0.05, 0) is 24.7 Å². The quantitative estimate of drug-likeness (QED) is 0.608. The summed E-state index contributed by atoms with van der Waals surface area (Å²) in [7, 11) is 0. The van der Waals surface area contributed by atoms with E-state index in [-0.39, 0.29) is 11.9 Å². The van der Waals surface area contributed by atoms with Crippen molar-refractivity contribution in [1.29, 1.82) is 0 Å². The normalized spacial score (nSPS) is 22.9. The van der Waals surface area contributed by atoms with Crippen molar-refractivity contribution in [1.82, 2.24) is 10.4 Å². The third-order valence-electron chi connectivity index (χ3n) is 2.66. The Morgan fingerprint density at radius 2 is 2.53 bits per heavy atom. The van der Waals surface area contributed by atoms with Crippen LogP contribution in [0.1, 0.15) is 24.4 Å². The molecule has 1 aromatic rings. The summed E-state index contributed by atoms with van der Waals surface area (Å²) in [5.74, 6) is 6.35. The molecule has 1 aliphatic rings. The number of nitrogens with zero attached hydrogens (tertiary/aromatic N) is 1. The highest BCUT2D eigenvalue weighted by Crippen LogP contribution is 2.36. The van der Waals surface area contributed by atoms with E-state index in [0.29, 0.717) is 10.8 Å². The van der Waals surface area contributed by atoms with Crippen molar-refractivity contribution in [2.45, 2.75) is 24.1 Å². The van der Waals surface area contributed by atoms with E-state index in [1.807, 2.05) is 11.8 Å². The van der Waals surface area contributed by atoms with Crippen molar-refractivity contribution in [2.75, 3.05) is 5.75 Å². The van der Waals surface area contributed by atoms with Crippen LogP contribution in [0, 0.1) is 5.82 Å². The number of aromatic nitrogens is 1. The van der Waals surface area contributed by atoms with Gasteiger partial charge in [0.25, 0.3) is 0 Å². The lowest BCUT2D eigenvalue weighted by Gasteiger charge is -2.22. The minimum Gasteiger partial charge on any atom is -0.271 e. The summed E-state index contributed by atoms with van der Waals surface area (Å²) in [5.41, 5.74) is 3.33. The van der Waals surface area contributed by atoms with Gasteiger partial charge in [0.15, 0.2) is 0 Å². The number of hydrazine groups is 1. The van der Waals surface area contributed by atoms with E-state index in [1.54, 1.807) is 12.3 Å². The number of nitrogens with one attached hydrogen (secondary N) is 1. The topological polar surface area (TPSA) is 50.9 Å². The van der Waals surface area contributed by atoms with E-state index in [2.05, 4.69) is 10.4 Å². The first kappa shape index (κ1) is 10.9. The fourth-order valence-electron chi connectivity index (χ4n) is 1.90. The molecule has 15 heavy (non-hydrogen) atoms. The summed E-state index contributed by atoms with van der Waals surface area (Å²) >= 11 is 1.85. The largest absolute Gasteiger partial charge is 0.271 e. The van der Waals surface area contributed by atoms with Gasteiger partial charge in [0.1, 0.15) is 5.82 Å². The highest BCUT2D eigenvalue weighted by molar-refractivity contribution is 8.00. The van der Waals surface area contributed by atoms with Crippen molar-refractivity contribution in [3.8, 4) is 0 Å². The Hall–Kier alpha value is -0.650. The molecule has 2 rings (SSSR count). The second-order valence-electron chi connectivity index (χ2n) is 3.59. The molecule has 0 aliphatic carbocycles. The lowest BCUT2D eigenvalue weighted by atomic mass is 10.0. The highest BCUT2D eigenvalue weighted by atomic mass is 32.2. The van der Waals surface area contributed by atoms with Crippen LogP contribution in [0.2, 0.25) is 0 Å². The second kappa shape index (κ2) is 4.92. The van der Waals surface area contributed by atoms with Gasteiger partial charge in [-0.3, -0.25) is 16.3 Å². The van der Waals surface area contributed by atoms with E-state index < -0.39 is 0 Å². The summed E-state index contributed by atoms with van der Waals surface area (Å²) in [6, 6.07) is 1.58. The van der Waals surface area contributed by atoms with E-state index in [9.17, 15) is 4.39 Å². The Labute approximate surface area is 92.6 Å². The van der Waals surface area contributed by atoms with Gasteiger partial charge in [-0.15, -0.1) is 0 Å². The van der Waals surface area contributed by atoms with Crippen LogP contribution >= 0.6 is 11.8 Å². The number of thioether (sulfide) groups is 1. The molecule has 0 bridgehead atoms. The van der Waals surface area contributed by atoms with Gasteiger partial charge in [-0.25, -0.2) is 4.39 Å². The van der Waals surface area contributed by atoms with Crippen molar-refractivity contribution < 1.29 is 4.39 Å². The Balaban J connectivity index is 2.22. The first-order valence-corrected chi connectivity index (χ1v) is 6.05. The number of hydrogen-bond acceptors (Lipinski definition) is 4. The Kier molecular flexibility index (Phi) is 3.56. The van der Waals surface area contributed by atoms with Crippen molar-refractivity contribution in [2.24, 2.45) is 5.84 Å². The smallest absolute Gasteiger partial charge is 0.146 e. The van der Waals surface area contributed by atoms with Crippen LogP contribution < -0.4 is 11.3 Å². The summed E-state index contributed by atoms with van der Waals surface area (Å²) in [5, 5.41) is 0.367. The van der Waals surface area contributed by atoms with Crippen molar-refractivity contribution in [3.05, 3.63) is 29.8 Å². The van der Waals surface area contributed by atoms with Gasteiger partial charge < -0.3 is 0 Å². The zero-order chi connectivity index (χ0) is 10.7. The summed E-state index contributed by atoms with van der Waals surface area (Å²) in [6.45, 7) is 0. The molecule has 1 aliphatic heterocycles. The van der Waals surface area contributed by atoms with Gasteiger partial charge in [-0.2, -0.15) is 11.8 Å². The lowest BCUT2D eigenvalue weighted by Crippen LogP contribution is -2.34. The molecule has 0 radical (unpaired) electrons. The number of pyridine rings is 1. The number of halogens is 1. The van der Waals surface area contributed by atoms with Crippen LogP contribution in [0.25, 0.3) is 0 Å². The first-order chi connectivity index (χ1) is 7.33. The van der Waals surface area contributed by atoms with Crippen molar-refractivity contribution in [3.63, 3.8) is 0 Å². The summed E-state index contributed by atoms with van der Waals surface area (Å²) < 4.78 is 13.5. The first-order valence-electron chi connectivity index (χ1n) is 5.00. The molecular formula is C10H14FN3S. The van der Waals surface area contributed by atoms with E-state index >= 15 is 0 Å². The maximum absolute atomic E-state index is 13.5. The molecule has 3 nitrogen and oxygen atoms in total. The Bertz CT molecular complexity index is 328. The molecular weight excluding hydrogens is 213 g/mol. The van der Waals surface area contributed by atoms with Gasteiger partial charge in [0.05, 0.1) is 12.2 Å². The Morgan fingerprint density at radius 3 is 3.13 bits per heavy atom. The van der Waals surface area contributed by atoms with Crippen LogP contribution in [-0.2, 0) is 0 Å². The molecule has 3 N–H and O–H groups in total. The molecule has 1 fully saturated rings. The molecule has 0 saturated carbocycles. The van der Waals surface area contributed by atoms with Crippen molar-refractivity contribution >= 4 is 11.8 Å².